The van der Waals surface area contributed by atoms with Crippen molar-refractivity contribution in [1.29, 1.82) is 0 Å². The molecule has 1 nitrogen and oxygen atoms in total. The SMILES string of the molecule is CNC(Cc1ccccc1C)C1C2CCCC21. The van der Waals surface area contributed by atoms with Crippen molar-refractivity contribution in [2.45, 2.75) is 38.6 Å². The van der Waals surface area contributed by atoms with Gasteiger partial charge in [-0.15, -0.1) is 0 Å². The molecule has 2 fully saturated rings. The molecular weight excluding hydrogens is 206 g/mol. The molecule has 92 valence electrons. The van der Waals surface area contributed by atoms with Crippen LogP contribution in [0.15, 0.2) is 24.3 Å². The molecule has 2 aliphatic carbocycles. The van der Waals surface area contributed by atoms with Crippen molar-refractivity contribution in [1.82, 2.24) is 5.32 Å². The molecule has 0 aliphatic heterocycles. The largest absolute Gasteiger partial charge is 0.316 e. The van der Waals surface area contributed by atoms with Crippen LogP contribution < -0.4 is 5.32 Å². The minimum atomic E-state index is 0.700. The van der Waals surface area contributed by atoms with Crippen LogP contribution in [-0.4, -0.2) is 13.1 Å². The van der Waals surface area contributed by atoms with E-state index in [4.69, 9.17) is 0 Å². The number of likely N-dealkylation sites (N-methyl/N-ethyl adjacent to an activating group) is 1. The Morgan fingerprint density at radius 1 is 1.24 bits per heavy atom. The summed E-state index contributed by atoms with van der Waals surface area (Å²) in [6, 6.07) is 9.53. The van der Waals surface area contributed by atoms with E-state index in [0.717, 1.165) is 17.8 Å². The lowest BCUT2D eigenvalue weighted by molar-refractivity contribution is 0.428. The Morgan fingerprint density at radius 3 is 2.59 bits per heavy atom. The lowest BCUT2D eigenvalue weighted by atomic mass is 9.95. The Kier molecular flexibility index (Phi) is 2.96. The summed E-state index contributed by atoms with van der Waals surface area (Å²) in [4.78, 5) is 0. The minimum Gasteiger partial charge on any atom is -0.316 e. The number of nitrogens with one attached hydrogen (secondary N) is 1. The van der Waals surface area contributed by atoms with Gasteiger partial charge in [-0.2, -0.15) is 0 Å². The molecule has 0 aromatic heterocycles. The zero-order chi connectivity index (χ0) is 11.8. The molecule has 2 saturated carbocycles. The van der Waals surface area contributed by atoms with E-state index < -0.39 is 0 Å². The number of benzene rings is 1. The summed E-state index contributed by atoms with van der Waals surface area (Å²) in [5.41, 5.74) is 2.97. The lowest BCUT2D eigenvalue weighted by Crippen LogP contribution is -2.31. The maximum absolute atomic E-state index is 3.57. The molecule has 1 heteroatoms. The summed E-state index contributed by atoms with van der Waals surface area (Å²) in [6.07, 6.45) is 5.66. The van der Waals surface area contributed by atoms with Crippen molar-refractivity contribution >= 4 is 0 Å². The van der Waals surface area contributed by atoms with Gasteiger partial charge in [0, 0.05) is 6.04 Å². The Labute approximate surface area is 105 Å². The van der Waals surface area contributed by atoms with E-state index in [9.17, 15) is 0 Å². The van der Waals surface area contributed by atoms with Crippen LogP contribution in [0, 0.1) is 24.7 Å². The topological polar surface area (TPSA) is 12.0 Å². The molecule has 0 bridgehead atoms. The van der Waals surface area contributed by atoms with Crippen molar-refractivity contribution in [3.05, 3.63) is 35.4 Å². The molecule has 1 N–H and O–H groups in total. The second-order valence-electron chi connectivity index (χ2n) is 5.86. The number of hydrogen-bond acceptors (Lipinski definition) is 1. The molecule has 1 aromatic carbocycles. The molecule has 3 atom stereocenters. The first kappa shape index (κ1) is 11.3. The smallest absolute Gasteiger partial charge is 0.0138 e. The van der Waals surface area contributed by atoms with Crippen LogP contribution in [0.3, 0.4) is 0 Å². The van der Waals surface area contributed by atoms with E-state index in [1.54, 1.807) is 0 Å². The second-order valence-corrected chi connectivity index (χ2v) is 5.86. The third-order valence-corrected chi connectivity index (χ3v) is 5.01. The third-order valence-electron chi connectivity index (χ3n) is 5.01. The van der Waals surface area contributed by atoms with Gasteiger partial charge in [-0.25, -0.2) is 0 Å². The van der Waals surface area contributed by atoms with Gasteiger partial charge in [-0.05, 0) is 62.1 Å². The molecule has 0 radical (unpaired) electrons. The van der Waals surface area contributed by atoms with E-state index in [1.165, 1.54) is 36.8 Å². The molecule has 0 amide bonds. The Hall–Kier alpha value is -0.820. The molecule has 0 saturated heterocycles. The fraction of sp³-hybridized carbons (Fsp3) is 0.625. The van der Waals surface area contributed by atoms with Crippen molar-refractivity contribution in [3.8, 4) is 0 Å². The summed E-state index contributed by atoms with van der Waals surface area (Å²) in [5, 5.41) is 3.57. The highest BCUT2D eigenvalue weighted by atomic mass is 14.9. The molecule has 0 spiro atoms. The lowest BCUT2D eigenvalue weighted by Gasteiger charge is -2.19. The molecule has 1 aromatic rings. The standard InChI is InChI=1S/C16H23N/c1-11-6-3-4-7-12(11)10-15(17-2)16-13-8-5-9-14(13)16/h3-4,6-7,13-17H,5,8-10H2,1-2H3. The average molecular weight is 229 g/mol. The van der Waals surface area contributed by atoms with Gasteiger partial charge in [0.15, 0.2) is 0 Å². The second kappa shape index (κ2) is 4.45. The van der Waals surface area contributed by atoms with E-state index in [-0.39, 0.29) is 0 Å². The van der Waals surface area contributed by atoms with Crippen LogP contribution >= 0.6 is 0 Å². The highest BCUT2D eigenvalue weighted by Crippen LogP contribution is 2.59. The van der Waals surface area contributed by atoms with Crippen molar-refractivity contribution in [2.75, 3.05) is 7.05 Å². The van der Waals surface area contributed by atoms with Crippen molar-refractivity contribution < 1.29 is 0 Å². The third kappa shape index (κ3) is 2.01. The maximum atomic E-state index is 3.57. The van der Waals surface area contributed by atoms with Gasteiger partial charge in [0.2, 0.25) is 0 Å². The van der Waals surface area contributed by atoms with Gasteiger partial charge in [0.1, 0.15) is 0 Å². The van der Waals surface area contributed by atoms with E-state index in [2.05, 4.69) is 43.6 Å². The Bertz CT molecular complexity index is 388. The van der Waals surface area contributed by atoms with Crippen molar-refractivity contribution in [3.63, 3.8) is 0 Å². The molecular formula is C16H23N. The first-order chi connectivity index (χ1) is 8.31. The predicted octanol–water partition coefficient (Wildman–Crippen LogP) is 3.17. The molecule has 3 rings (SSSR count). The first-order valence-corrected chi connectivity index (χ1v) is 7.03. The minimum absolute atomic E-state index is 0.700. The van der Waals surface area contributed by atoms with E-state index in [0.29, 0.717) is 6.04 Å². The van der Waals surface area contributed by atoms with Crippen LogP contribution in [0.5, 0.6) is 0 Å². The normalized spacial score (nSPS) is 32.2. The number of rotatable bonds is 4. The van der Waals surface area contributed by atoms with Gasteiger partial charge in [0.05, 0.1) is 0 Å². The van der Waals surface area contributed by atoms with Gasteiger partial charge in [-0.1, -0.05) is 30.7 Å². The Balaban J connectivity index is 1.69. The maximum Gasteiger partial charge on any atom is 0.0138 e. The zero-order valence-electron chi connectivity index (χ0n) is 10.9. The number of fused-ring (bicyclic) bond motifs is 1. The average Bonchev–Trinajstić information content (AvgIpc) is 2.82. The molecule has 17 heavy (non-hydrogen) atoms. The van der Waals surface area contributed by atoms with Gasteiger partial charge in [-0.3, -0.25) is 0 Å². The van der Waals surface area contributed by atoms with E-state index in [1.807, 2.05) is 0 Å². The Morgan fingerprint density at radius 2 is 1.94 bits per heavy atom. The number of aryl methyl sites for hydroxylation is 1. The summed E-state index contributed by atoms with van der Waals surface area (Å²) in [5.74, 6) is 3.07. The molecule has 2 aliphatic rings. The van der Waals surface area contributed by atoms with Crippen LogP contribution in [0.2, 0.25) is 0 Å². The van der Waals surface area contributed by atoms with Crippen LogP contribution in [-0.2, 0) is 6.42 Å². The fourth-order valence-electron chi connectivity index (χ4n) is 3.98. The fourth-order valence-corrected chi connectivity index (χ4v) is 3.98. The summed E-state index contributed by atoms with van der Waals surface area (Å²) in [6.45, 7) is 2.23. The van der Waals surface area contributed by atoms with Gasteiger partial charge in [0.25, 0.3) is 0 Å². The van der Waals surface area contributed by atoms with Gasteiger partial charge >= 0.3 is 0 Å². The van der Waals surface area contributed by atoms with Crippen molar-refractivity contribution in [2.24, 2.45) is 17.8 Å². The molecule has 0 heterocycles. The number of hydrogen-bond donors (Lipinski definition) is 1. The first-order valence-electron chi connectivity index (χ1n) is 7.03. The zero-order valence-corrected chi connectivity index (χ0v) is 10.9. The monoisotopic (exact) mass is 229 g/mol. The van der Waals surface area contributed by atoms with E-state index >= 15 is 0 Å². The van der Waals surface area contributed by atoms with Crippen LogP contribution in [0.1, 0.15) is 30.4 Å². The predicted molar refractivity (Wildman–Crippen MR) is 72.1 cm³/mol. The highest BCUT2D eigenvalue weighted by molar-refractivity contribution is 5.27. The highest BCUT2D eigenvalue weighted by Gasteiger charge is 2.55. The summed E-state index contributed by atoms with van der Waals surface area (Å²) < 4.78 is 0. The quantitative estimate of drug-likeness (QED) is 0.836. The summed E-state index contributed by atoms with van der Waals surface area (Å²) >= 11 is 0. The van der Waals surface area contributed by atoms with Crippen LogP contribution in [0.25, 0.3) is 0 Å². The summed E-state index contributed by atoms with van der Waals surface area (Å²) in [7, 11) is 2.14. The van der Waals surface area contributed by atoms with Gasteiger partial charge < -0.3 is 5.32 Å². The van der Waals surface area contributed by atoms with Crippen LogP contribution in [0.4, 0.5) is 0 Å². The molecule has 3 unspecified atom stereocenters.